The van der Waals surface area contributed by atoms with Gasteiger partial charge in [0, 0.05) is 13.1 Å². The predicted octanol–water partition coefficient (Wildman–Crippen LogP) is 2.80. The molecule has 1 amide bonds. The molecule has 1 aromatic rings. The van der Waals surface area contributed by atoms with Crippen molar-refractivity contribution in [1.29, 1.82) is 0 Å². The van der Waals surface area contributed by atoms with Crippen molar-refractivity contribution in [2.24, 2.45) is 5.92 Å². The lowest BCUT2D eigenvalue weighted by Gasteiger charge is -2.37. The molecule has 134 valence electrons. The standard InChI is InChI=1S/C18H28N2O3S/c1-5-17(18(21)19-11-7-9-15(3)13-19)20(24(4,22)23)16-10-6-8-14(2)12-16/h6,8,10,12,15,17H,5,7,9,11,13H2,1-4H3/t15-,17+/m1/s1. The molecule has 1 aliphatic rings. The largest absolute Gasteiger partial charge is 0.341 e. The zero-order valence-electron chi connectivity index (χ0n) is 15.0. The van der Waals surface area contributed by atoms with E-state index in [1.165, 1.54) is 10.6 Å². The maximum Gasteiger partial charge on any atom is 0.246 e. The first-order chi connectivity index (χ1) is 11.2. The second kappa shape index (κ2) is 7.55. The van der Waals surface area contributed by atoms with Crippen LogP contribution in [0.1, 0.15) is 38.7 Å². The van der Waals surface area contributed by atoms with E-state index in [0.29, 0.717) is 31.1 Å². The fourth-order valence-corrected chi connectivity index (χ4v) is 4.61. The van der Waals surface area contributed by atoms with Gasteiger partial charge in [0.05, 0.1) is 11.9 Å². The first-order valence-corrected chi connectivity index (χ1v) is 10.4. The Labute approximate surface area is 145 Å². The number of anilines is 1. The predicted molar refractivity (Wildman–Crippen MR) is 97.6 cm³/mol. The minimum Gasteiger partial charge on any atom is -0.341 e. The topological polar surface area (TPSA) is 57.7 Å². The zero-order chi connectivity index (χ0) is 17.9. The van der Waals surface area contributed by atoms with Crippen LogP contribution in [-0.2, 0) is 14.8 Å². The van der Waals surface area contributed by atoms with Crippen molar-refractivity contribution in [2.75, 3.05) is 23.7 Å². The molecule has 24 heavy (non-hydrogen) atoms. The molecule has 0 unspecified atom stereocenters. The van der Waals surface area contributed by atoms with Crippen molar-refractivity contribution in [1.82, 2.24) is 4.90 Å². The van der Waals surface area contributed by atoms with E-state index < -0.39 is 16.1 Å². The molecule has 6 heteroatoms. The first kappa shape index (κ1) is 18.8. The van der Waals surface area contributed by atoms with Gasteiger partial charge < -0.3 is 4.90 Å². The van der Waals surface area contributed by atoms with E-state index >= 15 is 0 Å². The summed E-state index contributed by atoms with van der Waals surface area (Å²) in [5, 5.41) is 0. The summed E-state index contributed by atoms with van der Waals surface area (Å²) in [6.07, 6.45) is 3.72. The number of carbonyl (C=O) groups excluding carboxylic acids is 1. The normalized spacial score (nSPS) is 19.8. The Morgan fingerprint density at radius 3 is 2.67 bits per heavy atom. The number of sulfonamides is 1. The van der Waals surface area contributed by atoms with Crippen molar-refractivity contribution >= 4 is 21.6 Å². The van der Waals surface area contributed by atoms with Gasteiger partial charge in [-0.1, -0.05) is 26.0 Å². The van der Waals surface area contributed by atoms with Crippen molar-refractivity contribution in [3.8, 4) is 0 Å². The highest BCUT2D eigenvalue weighted by atomic mass is 32.2. The van der Waals surface area contributed by atoms with E-state index in [0.717, 1.165) is 18.4 Å². The molecular formula is C18H28N2O3S. The van der Waals surface area contributed by atoms with Gasteiger partial charge in [0.2, 0.25) is 15.9 Å². The van der Waals surface area contributed by atoms with Gasteiger partial charge in [-0.15, -0.1) is 0 Å². The summed E-state index contributed by atoms with van der Waals surface area (Å²) < 4.78 is 26.2. The molecule has 1 aliphatic heterocycles. The smallest absolute Gasteiger partial charge is 0.246 e. The minimum absolute atomic E-state index is 0.0871. The Hall–Kier alpha value is -1.56. The summed E-state index contributed by atoms with van der Waals surface area (Å²) in [7, 11) is -3.56. The molecule has 0 bridgehead atoms. The summed E-state index contributed by atoms with van der Waals surface area (Å²) >= 11 is 0. The van der Waals surface area contributed by atoms with Crippen molar-refractivity contribution in [3.63, 3.8) is 0 Å². The van der Waals surface area contributed by atoms with Crippen LogP contribution >= 0.6 is 0 Å². The molecule has 0 radical (unpaired) electrons. The minimum atomic E-state index is -3.56. The van der Waals surface area contributed by atoms with E-state index in [-0.39, 0.29) is 5.91 Å². The van der Waals surface area contributed by atoms with Gasteiger partial charge in [-0.3, -0.25) is 9.10 Å². The Balaban J connectivity index is 2.37. The number of nitrogens with zero attached hydrogens (tertiary/aromatic N) is 2. The molecule has 1 heterocycles. The molecule has 5 nitrogen and oxygen atoms in total. The van der Waals surface area contributed by atoms with Crippen LogP contribution in [0.5, 0.6) is 0 Å². The Morgan fingerprint density at radius 1 is 1.42 bits per heavy atom. The third-order valence-electron chi connectivity index (χ3n) is 4.54. The molecule has 2 atom stereocenters. The summed E-state index contributed by atoms with van der Waals surface area (Å²) in [6.45, 7) is 7.34. The molecule has 0 aliphatic carbocycles. The van der Waals surface area contributed by atoms with E-state index in [2.05, 4.69) is 6.92 Å². The summed E-state index contributed by atoms with van der Waals surface area (Å²) in [4.78, 5) is 14.9. The number of amides is 1. The van der Waals surface area contributed by atoms with Gasteiger partial charge in [-0.05, 0) is 49.8 Å². The number of aryl methyl sites for hydroxylation is 1. The molecular weight excluding hydrogens is 324 g/mol. The van der Waals surface area contributed by atoms with Gasteiger partial charge in [0.1, 0.15) is 6.04 Å². The van der Waals surface area contributed by atoms with Crippen LogP contribution < -0.4 is 4.31 Å². The van der Waals surface area contributed by atoms with Crippen LogP contribution in [0.2, 0.25) is 0 Å². The average Bonchev–Trinajstić information content (AvgIpc) is 2.50. The first-order valence-electron chi connectivity index (χ1n) is 8.59. The Morgan fingerprint density at radius 2 is 2.12 bits per heavy atom. The third kappa shape index (κ3) is 4.29. The second-order valence-electron chi connectivity index (χ2n) is 6.85. The average molecular weight is 353 g/mol. The lowest BCUT2D eigenvalue weighted by Crippen LogP contribution is -2.52. The van der Waals surface area contributed by atoms with E-state index in [1.54, 1.807) is 6.07 Å². The lowest BCUT2D eigenvalue weighted by molar-refractivity contribution is -0.134. The molecule has 0 aromatic heterocycles. The maximum absolute atomic E-state index is 13.0. The van der Waals surface area contributed by atoms with E-state index in [4.69, 9.17) is 0 Å². The molecule has 1 fully saturated rings. The summed E-state index contributed by atoms with van der Waals surface area (Å²) in [5.41, 5.74) is 1.53. The van der Waals surface area contributed by atoms with Crippen LogP contribution in [0, 0.1) is 12.8 Å². The molecule has 1 saturated heterocycles. The van der Waals surface area contributed by atoms with Gasteiger partial charge in [-0.2, -0.15) is 0 Å². The van der Waals surface area contributed by atoms with E-state index in [9.17, 15) is 13.2 Å². The summed E-state index contributed by atoms with van der Waals surface area (Å²) in [6, 6.07) is 6.62. The zero-order valence-corrected chi connectivity index (χ0v) is 15.8. The van der Waals surface area contributed by atoms with Gasteiger partial charge in [-0.25, -0.2) is 8.42 Å². The number of hydrogen-bond acceptors (Lipinski definition) is 3. The molecule has 1 aromatic carbocycles. The highest BCUT2D eigenvalue weighted by Crippen LogP contribution is 2.26. The SMILES string of the molecule is CC[C@@H](C(=O)N1CCC[C@@H](C)C1)N(c1cccc(C)c1)S(C)(=O)=O. The fourth-order valence-electron chi connectivity index (χ4n) is 3.41. The lowest BCUT2D eigenvalue weighted by atomic mass is 9.99. The number of rotatable bonds is 5. The van der Waals surface area contributed by atoms with Crippen molar-refractivity contribution in [2.45, 2.75) is 46.1 Å². The van der Waals surface area contributed by atoms with Crippen LogP contribution in [0.15, 0.2) is 24.3 Å². The maximum atomic E-state index is 13.0. The third-order valence-corrected chi connectivity index (χ3v) is 5.72. The molecule has 0 saturated carbocycles. The fraction of sp³-hybridized carbons (Fsp3) is 0.611. The highest BCUT2D eigenvalue weighted by Gasteiger charge is 2.35. The Kier molecular flexibility index (Phi) is 5.91. The molecule has 2 rings (SSSR count). The van der Waals surface area contributed by atoms with Crippen LogP contribution in [0.3, 0.4) is 0 Å². The summed E-state index contributed by atoms with van der Waals surface area (Å²) in [5.74, 6) is 0.377. The van der Waals surface area contributed by atoms with Crippen LogP contribution in [0.25, 0.3) is 0 Å². The number of likely N-dealkylation sites (tertiary alicyclic amines) is 1. The van der Waals surface area contributed by atoms with Gasteiger partial charge >= 0.3 is 0 Å². The van der Waals surface area contributed by atoms with Crippen LogP contribution in [-0.4, -0.2) is 44.6 Å². The second-order valence-corrected chi connectivity index (χ2v) is 8.71. The van der Waals surface area contributed by atoms with Crippen molar-refractivity contribution < 1.29 is 13.2 Å². The number of benzene rings is 1. The molecule has 0 spiro atoms. The van der Waals surface area contributed by atoms with Crippen LogP contribution in [0.4, 0.5) is 5.69 Å². The highest BCUT2D eigenvalue weighted by molar-refractivity contribution is 7.92. The number of carbonyl (C=O) groups is 1. The quantitative estimate of drug-likeness (QED) is 0.819. The van der Waals surface area contributed by atoms with Crippen molar-refractivity contribution in [3.05, 3.63) is 29.8 Å². The monoisotopic (exact) mass is 352 g/mol. The van der Waals surface area contributed by atoms with Gasteiger partial charge in [0.25, 0.3) is 0 Å². The number of hydrogen-bond donors (Lipinski definition) is 0. The molecule has 0 N–H and O–H groups in total. The van der Waals surface area contributed by atoms with Gasteiger partial charge in [0.15, 0.2) is 0 Å². The van der Waals surface area contributed by atoms with E-state index in [1.807, 2.05) is 36.9 Å². The number of piperidine rings is 1. The Bertz CT molecular complexity index is 687.